The third kappa shape index (κ3) is 3.14. The lowest BCUT2D eigenvalue weighted by atomic mass is 9.45. The Kier molecular flexibility index (Phi) is 4.79. The highest BCUT2D eigenvalue weighted by molar-refractivity contribution is 7.71. The molecule has 6 nitrogen and oxygen atoms in total. The molecule has 0 aromatic carbocycles. The summed E-state index contributed by atoms with van der Waals surface area (Å²) in [6, 6.07) is 0.326. The molecule has 0 saturated heterocycles. The van der Waals surface area contributed by atoms with Crippen LogP contribution in [0.15, 0.2) is 11.0 Å². The number of aromatic amines is 1. The fraction of sp³-hybridized carbons (Fsp3) is 0.722. The van der Waals surface area contributed by atoms with Gasteiger partial charge in [-0.25, -0.2) is 4.68 Å². The van der Waals surface area contributed by atoms with E-state index in [1.807, 2.05) is 0 Å². The van der Waals surface area contributed by atoms with Gasteiger partial charge in [0.25, 0.3) is 5.56 Å². The van der Waals surface area contributed by atoms with Crippen molar-refractivity contribution in [2.24, 2.45) is 23.2 Å². The van der Waals surface area contributed by atoms with Crippen LogP contribution in [0.4, 0.5) is 5.69 Å². The van der Waals surface area contributed by atoms with Gasteiger partial charge in [-0.05, 0) is 42.9 Å². The van der Waals surface area contributed by atoms with Crippen LogP contribution in [0, 0.1) is 27.7 Å². The van der Waals surface area contributed by atoms with Gasteiger partial charge in [0.2, 0.25) is 0 Å². The summed E-state index contributed by atoms with van der Waals surface area (Å²) in [4.78, 5) is 24.0. The number of H-pyrrole nitrogens is 1. The molecule has 3 fully saturated rings. The normalized spacial score (nSPS) is 29.6. The number of fused-ring (bicyclic) bond motifs is 2. The third-order valence-electron chi connectivity index (χ3n) is 6.34. The van der Waals surface area contributed by atoms with E-state index in [0.717, 1.165) is 12.3 Å². The largest absolute Gasteiger partial charge is 0.465 e. The topological polar surface area (TPSA) is 76.1 Å². The number of anilines is 1. The summed E-state index contributed by atoms with van der Waals surface area (Å²) in [5.74, 6) is 1.52. The molecular formula is C18H27N3O3S. The second-order valence-corrected chi connectivity index (χ2v) is 8.33. The molecule has 4 atom stereocenters. The Balaban J connectivity index is 1.74. The van der Waals surface area contributed by atoms with E-state index in [1.165, 1.54) is 11.1 Å². The van der Waals surface area contributed by atoms with Gasteiger partial charge in [-0.3, -0.25) is 9.59 Å². The van der Waals surface area contributed by atoms with Gasteiger partial charge in [-0.15, -0.1) is 0 Å². The standard InChI is InChI=1S/C18H27N3O3S/c1-5-24-15(22)9-21-17(23)16(25)14(8-19-21)20-13-7-11-6-12(10(13)2)18(11,3)4/h8,10-13,19-20H,5-7,9H2,1-4H3/t10-,11+,12-,13-/m1/s1. The Morgan fingerprint density at radius 1 is 1.48 bits per heavy atom. The molecule has 0 unspecified atom stereocenters. The van der Waals surface area contributed by atoms with E-state index in [-0.39, 0.29) is 23.2 Å². The van der Waals surface area contributed by atoms with Crippen LogP contribution in [0.5, 0.6) is 0 Å². The SMILES string of the molecule is CCOC(=O)Cn1[nH]cc(N[C@@H]2C[C@@H]3C[C@H]([C@H]2C)C3(C)C)c(=S)c1=O. The molecule has 4 rings (SSSR count). The van der Waals surface area contributed by atoms with E-state index in [1.54, 1.807) is 13.1 Å². The number of carbonyl (C=O) groups excluding carboxylic acids is 1. The maximum atomic E-state index is 12.4. The Labute approximate surface area is 152 Å². The summed E-state index contributed by atoms with van der Waals surface area (Å²) < 4.78 is 6.28. The van der Waals surface area contributed by atoms with Gasteiger partial charge < -0.3 is 15.2 Å². The molecule has 3 saturated carbocycles. The molecule has 138 valence electrons. The van der Waals surface area contributed by atoms with Crippen molar-refractivity contribution in [2.45, 2.75) is 53.1 Å². The molecule has 1 aromatic heterocycles. The zero-order valence-electron chi connectivity index (χ0n) is 15.3. The number of nitrogens with one attached hydrogen (secondary N) is 2. The highest BCUT2D eigenvalue weighted by Crippen LogP contribution is 2.61. The first-order valence-electron chi connectivity index (χ1n) is 9.00. The Bertz CT molecular complexity index is 783. The summed E-state index contributed by atoms with van der Waals surface area (Å²) in [6.07, 6.45) is 4.09. The Hall–Kier alpha value is -1.63. The maximum absolute atomic E-state index is 12.4. The summed E-state index contributed by atoms with van der Waals surface area (Å²) in [5, 5.41) is 6.33. The minimum atomic E-state index is -0.459. The number of esters is 1. The number of carbonyl (C=O) groups is 1. The third-order valence-corrected chi connectivity index (χ3v) is 6.73. The molecule has 25 heavy (non-hydrogen) atoms. The first kappa shape index (κ1) is 18.2. The Morgan fingerprint density at radius 3 is 2.80 bits per heavy atom. The fourth-order valence-electron chi connectivity index (χ4n) is 4.60. The molecule has 0 amide bonds. The summed E-state index contributed by atoms with van der Waals surface area (Å²) in [5.41, 5.74) is 0.696. The zero-order chi connectivity index (χ0) is 18.4. The van der Waals surface area contributed by atoms with Crippen molar-refractivity contribution >= 4 is 23.9 Å². The Morgan fingerprint density at radius 2 is 2.20 bits per heavy atom. The van der Waals surface area contributed by atoms with E-state index in [2.05, 4.69) is 31.2 Å². The average Bonchev–Trinajstić information content (AvgIpc) is 2.55. The number of nitrogens with zero attached hydrogens (tertiary/aromatic N) is 1. The summed E-state index contributed by atoms with van der Waals surface area (Å²) >= 11 is 5.32. The van der Waals surface area contributed by atoms with Gasteiger partial charge in [0.1, 0.15) is 11.1 Å². The molecule has 0 spiro atoms. The van der Waals surface area contributed by atoms with Crippen LogP contribution in [-0.2, 0) is 16.1 Å². The van der Waals surface area contributed by atoms with E-state index >= 15 is 0 Å². The predicted octanol–water partition coefficient (Wildman–Crippen LogP) is 2.95. The van der Waals surface area contributed by atoms with E-state index < -0.39 is 5.97 Å². The number of aromatic nitrogens is 2. The van der Waals surface area contributed by atoms with Crippen LogP contribution in [-0.4, -0.2) is 28.4 Å². The van der Waals surface area contributed by atoms with Crippen molar-refractivity contribution in [3.05, 3.63) is 21.1 Å². The van der Waals surface area contributed by atoms with Crippen LogP contribution in [0.2, 0.25) is 0 Å². The molecule has 1 heterocycles. The van der Waals surface area contributed by atoms with Gasteiger partial charge in [0.15, 0.2) is 0 Å². The highest BCUT2D eigenvalue weighted by Gasteiger charge is 2.56. The summed E-state index contributed by atoms with van der Waals surface area (Å²) in [6.45, 7) is 8.87. The minimum absolute atomic E-state index is 0.158. The highest BCUT2D eigenvalue weighted by atomic mass is 32.1. The second kappa shape index (κ2) is 6.59. The summed E-state index contributed by atoms with van der Waals surface area (Å²) in [7, 11) is 0. The molecule has 0 aliphatic heterocycles. The number of hydrogen-bond acceptors (Lipinski definition) is 5. The van der Waals surface area contributed by atoms with Gasteiger partial charge in [-0.2, -0.15) is 0 Å². The second-order valence-electron chi connectivity index (χ2n) is 7.92. The predicted molar refractivity (Wildman–Crippen MR) is 99.1 cm³/mol. The van der Waals surface area contributed by atoms with Crippen molar-refractivity contribution in [2.75, 3.05) is 11.9 Å². The molecular weight excluding hydrogens is 338 g/mol. The van der Waals surface area contributed by atoms with Gasteiger partial charge in [0.05, 0.1) is 12.3 Å². The lowest BCUT2D eigenvalue weighted by Gasteiger charge is -2.62. The average molecular weight is 365 g/mol. The molecule has 2 N–H and O–H groups in total. The molecule has 7 heteroatoms. The first-order valence-corrected chi connectivity index (χ1v) is 9.41. The van der Waals surface area contributed by atoms with Crippen LogP contribution in [0.25, 0.3) is 0 Å². The van der Waals surface area contributed by atoms with Gasteiger partial charge in [-0.1, -0.05) is 33.0 Å². The number of ether oxygens (including phenoxy) is 1. The van der Waals surface area contributed by atoms with Crippen molar-refractivity contribution in [3.8, 4) is 0 Å². The molecule has 3 aliphatic rings. The van der Waals surface area contributed by atoms with Crippen molar-refractivity contribution < 1.29 is 9.53 Å². The lowest BCUT2D eigenvalue weighted by molar-refractivity contribution is -0.144. The smallest absolute Gasteiger partial charge is 0.327 e. The number of rotatable bonds is 5. The van der Waals surface area contributed by atoms with E-state index in [0.29, 0.717) is 29.0 Å². The van der Waals surface area contributed by atoms with Crippen molar-refractivity contribution in [3.63, 3.8) is 0 Å². The van der Waals surface area contributed by atoms with Crippen LogP contribution < -0.4 is 10.9 Å². The van der Waals surface area contributed by atoms with Gasteiger partial charge in [0, 0.05) is 12.2 Å². The first-order chi connectivity index (χ1) is 11.8. The molecule has 3 aliphatic carbocycles. The molecule has 1 aromatic rings. The van der Waals surface area contributed by atoms with Crippen molar-refractivity contribution in [1.29, 1.82) is 0 Å². The van der Waals surface area contributed by atoms with Crippen LogP contribution >= 0.6 is 12.2 Å². The lowest BCUT2D eigenvalue weighted by Crippen LogP contribution is -2.58. The molecule has 0 radical (unpaired) electrons. The van der Waals surface area contributed by atoms with E-state index in [9.17, 15) is 9.59 Å². The zero-order valence-corrected chi connectivity index (χ0v) is 16.1. The monoisotopic (exact) mass is 365 g/mol. The quantitative estimate of drug-likeness (QED) is 0.620. The fourth-order valence-corrected chi connectivity index (χ4v) is 4.83. The van der Waals surface area contributed by atoms with Crippen LogP contribution in [0.3, 0.4) is 0 Å². The van der Waals surface area contributed by atoms with Crippen molar-refractivity contribution in [1.82, 2.24) is 9.78 Å². The maximum Gasteiger partial charge on any atom is 0.327 e. The number of hydrogen-bond donors (Lipinski definition) is 2. The van der Waals surface area contributed by atoms with Gasteiger partial charge >= 0.3 is 5.97 Å². The van der Waals surface area contributed by atoms with E-state index in [4.69, 9.17) is 17.0 Å². The van der Waals surface area contributed by atoms with Crippen LogP contribution in [0.1, 0.15) is 40.5 Å². The minimum Gasteiger partial charge on any atom is -0.465 e. The molecule has 2 bridgehead atoms.